The summed E-state index contributed by atoms with van der Waals surface area (Å²) in [7, 11) is 0. The van der Waals surface area contributed by atoms with E-state index < -0.39 is 23.5 Å². The van der Waals surface area contributed by atoms with E-state index in [4.69, 9.17) is 8.83 Å². The third kappa shape index (κ3) is 3.16. The number of fused-ring (bicyclic) bond motifs is 1. The molecule has 0 saturated heterocycles. The molecule has 1 amide bonds. The summed E-state index contributed by atoms with van der Waals surface area (Å²) < 4.78 is 11.1. The topological polar surface area (TPSA) is 104 Å². The van der Waals surface area contributed by atoms with Crippen molar-refractivity contribution >= 4 is 22.7 Å². The Labute approximate surface area is 176 Å². The molecule has 7 nitrogen and oxygen atoms in total. The van der Waals surface area contributed by atoms with Crippen LogP contribution in [-0.4, -0.2) is 26.8 Å². The number of rotatable bonds is 5. The van der Waals surface area contributed by atoms with Crippen LogP contribution in [0.3, 0.4) is 0 Å². The lowest BCUT2D eigenvalue weighted by Gasteiger charge is -2.25. The number of nitrogens with zero attached hydrogens (tertiary/aromatic N) is 1. The van der Waals surface area contributed by atoms with E-state index in [9.17, 15) is 19.8 Å². The van der Waals surface area contributed by atoms with Crippen LogP contribution < -0.4 is 0 Å². The van der Waals surface area contributed by atoms with Gasteiger partial charge >= 0.3 is 0 Å². The number of amides is 1. The first-order valence-corrected chi connectivity index (χ1v) is 9.61. The quantitative estimate of drug-likeness (QED) is 0.465. The van der Waals surface area contributed by atoms with Gasteiger partial charge in [0.15, 0.2) is 11.5 Å². The van der Waals surface area contributed by atoms with Gasteiger partial charge in [0.05, 0.1) is 24.4 Å². The fourth-order valence-electron chi connectivity index (χ4n) is 3.85. The first kappa shape index (κ1) is 18.7. The number of carbonyl (C=O) groups excluding carboxylic acids is 2. The molecule has 7 heteroatoms. The van der Waals surface area contributed by atoms with Crippen molar-refractivity contribution in [2.75, 3.05) is 0 Å². The van der Waals surface area contributed by atoms with Crippen molar-refractivity contribution in [3.63, 3.8) is 0 Å². The molecule has 2 aromatic heterocycles. The summed E-state index contributed by atoms with van der Waals surface area (Å²) in [6.07, 6.45) is 1.49. The van der Waals surface area contributed by atoms with E-state index in [2.05, 4.69) is 0 Å². The third-order valence-electron chi connectivity index (χ3n) is 5.31. The molecule has 2 N–H and O–H groups in total. The van der Waals surface area contributed by atoms with Crippen molar-refractivity contribution < 1.29 is 28.6 Å². The molecule has 5 rings (SSSR count). The number of hydrogen-bond acceptors (Lipinski definition) is 6. The van der Waals surface area contributed by atoms with Crippen LogP contribution in [0.15, 0.2) is 93.2 Å². The summed E-state index contributed by atoms with van der Waals surface area (Å²) in [5.41, 5.74) is 1.01. The van der Waals surface area contributed by atoms with E-state index in [1.54, 1.807) is 42.5 Å². The Hall–Kier alpha value is -4.26. The highest BCUT2D eigenvalue weighted by molar-refractivity contribution is 6.15. The zero-order valence-corrected chi connectivity index (χ0v) is 16.2. The van der Waals surface area contributed by atoms with Crippen LogP contribution in [0, 0.1) is 0 Å². The molecule has 154 valence electrons. The minimum atomic E-state index is -0.876. The SMILES string of the molecule is O=C(C1=C(O)C(=O)N(Cc2ccco2)C1c1ccc(O)cc1)c1cc2ccccc2o1. The highest BCUT2D eigenvalue weighted by Gasteiger charge is 2.44. The number of benzene rings is 2. The van der Waals surface area contributed by atoms with E-state index >= 15 is 0 Å². The number of aliphatic hydroxyl groups is 1. The molecule has 1 atom stereocenters. The van der Waals surface area contributed by atoms with E-state index in [0.29, 0.717) is 16.9 Å². The lowest BCUT2D eigenvalue weighted by Crippen LogP contribution is -2.30. The number of carbonyl (C=O) groups is 2. The fraction of sp³-hybridized carbons (Fsp3) is 0.0833. The largest absolute Gasteiger partial charge is 0.508 e. The van der Waals surface area contributed by atoms with Crippen molar-refractivity contribution in [3.05, 3.63) is 101 Å². The van der Waals surface area contributed by atoms with Crippen LogP contribution in [-0.2, 0) is 11.3 Å². The standard InChI is InChI=1S/C24H17NO6/c26-16-9-7-14(8-10-16)21-20(22(27)19-12-15-4-1-2-6-18(15)31-19)23(28)24(29)25(21)13-17-5-3-11-30-17/h1-12,21,26,28H,13H2. The normalized spacial score (nSPS) is 16.5. The van der Waals surface area contributed by atoms with Gasteiger partial charge in [0.1, 0.15) is 17.1 Å². The number of phenols is 1. The van der Waals surface area contributed by atoms with Gasteiger partial charge in [-0.2, -0.15) is 0 Å². The van der Waals surface area contributed by atoms with Crippen LogP contribution in [0.5, 0.6) is 5.75 Å². The number of Topliss-reactive ketones (excluding diaryl/α,β-unsaturated/α-hetero) is 1. The minimum Gasteiger partial charge on any atom is -0.508 e. The maximum atomic E-state index is 13.4. The first-order valence-electron chi connectivity index (χ1n) is 9.61. The second-order valence-electron chi connectivity index (χ2n) is 7.25. The second kappa shape index (κ2) is 7.21. The number of phenolic OH excluding ortho intramolecular Hbond substituents is 1. The smallest absolute Gasteiger partial charge is 0.290 e. The Morgan fingerprint density at radius 1 is 1.00 bits per heavy atom. The van der Waals surface area contributed by atoms with Gasteiger partial charge in [-0.15, -0.1) is 0 Å². The molecule has 1 aliphatic rings. The van der Waals surface area contributed by atoms with Crippen molar-refractivity contribution in [3.8, 4) is 5.75 Å². The predicted octanol–water partition coefficient (Wildman–Crippen LogP) is 4.51. The minimum absolute atomic E-state index is 0.0270. The highest BCUT2D eigenvalue weighted by atomic mass is 16.3. The molecule has 0 aliphatic carbocycles. The van der Waals surface area contributed by atoms with E-state index in [-0.39, 0.29) is 23.6 Å². The molecule has 2 aromatic carbocycles. The van der Waals surface area contributed by atoms with E-state index in [1.807, 2.05) is 12.1 Å². The number of hydrogen-bond donors (Lipinski definition) is 2. The van der Waals surface area contributed by atoms with Gasteiger partial charge in [0.25, 0.3) is 5.91 Å². The molecule has 0 radical (unpaired) electrons. The van der Waals surface area contributed by atoms with E-state index in [0.717, 1.165) is 5.39 Å². The summed E-state index contributed by atoms with van der Waals surface area (Å²) in [6.45, 7) is 0.0539. The Morgan fingerprint density at radius 2 is 1.77 bits per heavy atom. The zero-order chi connectivity index (χ0) is 21.5. The van der Waals surface area contributed by atoms with Crippen LogP contribution in [0.25, 0.3) is 11.0 Å². The monoisotopic (exact) mass is 415 g/mol. The van der Waals surface area contributed by atoms with Gasteiger partial charge in [0.2, 0.25) is 5.78 Å². The lowest BCUT2D eigenvalue weighted by atomic mass is 9.95. The Morgan fingerprint density at radius 3 is 2.48 bits per heavy atom. The maximum absolute atomic E-state index is 13.4. The molecular weight excluding hydrogens is 398 g/mol. The lowest BCUT2D eigenvalue weighted by molar-refractivity contribution is -0.130. The number of para-hydroxylation sites is 1. The number of furan rings is 2. The molecule has 4 aromatic rings. The van der Waals surface area contributed by atoms with E-state index in [1.165, 1.54) is 23.3 Å². The summed E-state index contributed by atoms with van der Waals surface area (Å²) in [5.74, 6) is -1.32. The van der Waals surface area contributed by atoms with Gasteiger partial charge in [0, 0.05) is 5.39 Å². The van der Waals surface area contributed by atoms with Crippen LogP contribution in [0.4, 0.5) is 0 Å². The summed E-state index contributed by atoms with van der Waals surface area (Å²) in [6, 6.07) is 17.4. The van der Waals surface area contributed by atoms with Gasteiger partial charge < -0.3 is 23.9 Å². The Bertz CT molecular complexity index is 1280. The molecule has 1 aliphatic heterocycles. The molecule has 0 spiro atoms. The average Bonchev–Trinajstić information content (AvgIpc) is 3.49. The van der Waals surface area contributed by atoms with Gasteiger partial charge in [-0.1, -0.05) is 30.3 Å². The van der Waals surface area contributed by atoms with Crippen molar-refractivity contribution in [1.82, 2.24) is 4.90 Å². The fourth-order valence-corrected chi connectivity index (χ4v) is 3.85. The van der Waals surface area contributed by atoms with Crippen LogP contribution >= 0.6 is 0 Å². The number of aromatic hydroxyl groups is 1. The van der Waals surface area contributed by atoms with Crippen LogP contribution in [0.1, 0.15) is 27.9 Å². The average molecular weight is 415 g/mol. The van der Waals surface area contributed by atoms with Crippen LogP contribution in [0.2, 0.25) is 0 Å². The first-order chi connectivity index (χ1) is 15.0. The summed E-state index contributed by atoms with van der Waals surface area (Å²) in [5, 5.41) is 21.1. The number of ketones is 1. The molecule has 0 bridgehead atoms. The van der Waals surface area contributed by atoms with Crippen molar-refractivity contribution in [2.24, 2.45) is 0 Å². The molecule has 0 fully saturated rings. The zero-order valence-electron chi connectivity index (χ0n) is 16.2. The molecular formula is C24H17NO6. The second-order valence-corrected chi connectivity index (χ2v) is 7.25. The Kier molecular flexibility index (Phi) is 4.36. The molecule has 0 saturated carbocycles. The Balaban J connectivity index is 1.61. The highest BCUT2D eigenvalue weighted by Crippen LogP contribution is 2.40. The molecule has 31 heavy (non-hydrogen) atoms. The third-order valence-corrected chi connectivity index (χ3v) is 5.31. The number of aliphatic hydroxyl groups excluding tert-OH is 1. The van der Waals surface area contributed by atoms with Gasteiger partial charge in [-0.05, 0) is 42.0 Å². The summed E-state index contributed by atoms with van der Waals surface area (Å²) >= 11 is 0. The van der Waals surface area contributed by atoms with Crippen molar-refractivity contribution in [2.45, 2.75) is 12.6 Å². The van der Waals surface area contributed by atoms with Crippen molar-refractivity contribution in [1.29, 1.82) is 0 Å². The van der Waals surface area contributed by atoms with Gasteiger partial charge in [-0.25, -0.2) is 0 Å². The summed E-state index contributed by atoms with van der Waals surface area (Å²) in [4.78, 5) is 27.7. The maximum Gasteiger partial charge on any atom is 0.290 e. The predicted molar refractivity (Wildman–Crippen MR) is 110 cm³/mol. The van der Waals surface area contributed by atoms with Gasteiger partial charge in [-0.3, -0.25) is 9.59 Å². The molecule has 3 heterocycles. The molecule has 1 unspecified atom stereocenters.